The van der Waals surface area contributed by atoms with Gasteiger partial charge in [0.2, 0.25) is 0 Å². The number of hydrogen-bond acceptors (Lipinski definition) is 8. The van der Waals surface area contributed by atoms with Crippen LogP contribution in [0.5, 0.6) is 0 Å². The van der Waals surface area contributed by atoms with Gasteiger partial charge >= 0.3 is 11.9 Å². The van der Waals surface area contributed by atoms with Crippen LogP contribution in [-0.2, 0) is 23.9 Å². The number of hydrogen-bond donors (Lipinski definition) is 2. The van der Waals surface area contributed by atoms with E-state index >= 15 is 0 Å². The van der Waals surface area contributed by atoms with Crippen molar-refractivity contribution in [3.05, 3.63) is 146 Å². The number of allylic oxidation sites excluding steroid dienone is 13. The lowest BCUT2D eigenvalue weighted by Gasteiger charge is -2.15. The number of likely N-dealkylation sites (N-methyl/N-ethyl adjacent to an activating group) is 2. The Labute approximate surface area is 257 Å². The van der Waals surface area contributed by atoms with Crippen LogP contribution in [0.2, 0.25) is 0 Å². The molecule has 234 valence electrons. The molecule has 0 aromatic heterocycles. The Kier molecular flexibility index (Phi) is 25.4. The highest BCUT2D eigenvalue weighted by atomic mass is 16.5. The van der Waals surface area contributed by atoms with Crippen molar-refractivity contribution in [2.45, 2.75) is 6.92 Å². The summed E-state index contributed by atoms with van der Waals surface area (Å²) in [6, 6.07) is 0. The molecule has 0 aromatic carbocycles. The van der Waals surface area contributed by atoms with Gasteiger partial charge in [-0.15, -0.1) is 0 Å². The molecule has 0 fully saturated rings. The van der Waals surface area contributed by atoms with Crippen LogP contribution < -0.4 is 5.48 Å². The van der Waals surface area contributed by atoms with E-state index in [-0.39, 0.29) is 5.97 Å². The number of amides is 1. The van der Waals surface area contributed by atoms with Gasteiger partial charge in [0.25, 0.3) is 5.91 Å². The summed E-state index contributed by atoms with van der Waals surface area (Å²) >= 11 is 0. The minimum absolute atomic E-state index is 0.379. The minimum atomic E-state index is -0.587. The molecule has 0 radical (unpaired) electrons. The summed E-state index contributed by atoms with van der Waals surface area (Å²) in [6.45, 7) is 23.8. The Bertz CT molecular complexity index is 1130. The number of carbonyl (C=O) groups is 3. The zero-order valence-electron chi connectivity index (χ0n) is 26.6. The fraction of sp³-hybridized carbons (Fsp3) is 0.206. The maximum absolute atomic E-state index is 10.9. The largest absolute Gasteiger partial charge is 0.466 e. The van der Waals surface area contributed by atoms with Gasteiger partial charge in [-0.05, 0) is 59.6 Å². The Morgan fingerprint density at radius 3 is 1.19 bits per heavy atom. The van der Waals surface area contributed by atoms with E-state index in [0.29, 0.717) is 0 Å². The normalized spacial score (nSPS) is 12.0. The van der Waals surface area contributed by atoms with Crippen molar-refractivity contribution in [1.29, 1.82) is 0 Å². The first-order valence-electron chi connectivity index (χ1n) is 12.7. The zero-order valence-corrected chi connectivity index (χ0v) is 26.6. The predicted molar refractivity (Wildman–Crippen MR) is 177 cm³/mol. The van der Waals surface area contributed by atoms with Crippen molar-refractivity contribution >= 4 is 17.8 Å². The van der Waals surface area contributed by atoms with Crippen LogP contribution in [0.25, 0.3) is 0 Å². The predicted octanol–water partition coefficient (Wildman–Crippen LogP) is 5.54. The van der Waals surface area contributed by atoms with Gasteiger partial charge in [0.05, 0.1) is 14.2 Å². The number of hydroxylamine groups is 1. The van der Waals surface area contributed by atoms with E-state index in [1.165, 1.54) is 37.9 Å². The van der Waals surface area contributed by atoms with E-state index in [1.54, 1.807) is 54.7 Å². The smallest absolute Gasteiger partial charge is 0.330 e. The van der Waals surface area contributed by atoms with Crippen LogP contribution in [0, 0.1) is 0 Å². The SMILES string of the molecule is C=C/C(C)=C(C=C)/C=C/C(=O)OC.C=CC(/C=C/C(=O)NO)=C(\C=C)N(C)C.C=CC(/C=C/C(=O)OC)=C(\C=C)N(C)C. The van der Waals surface area contributed by atoms with Crippen molar-refractivity contribution in [3.63, 3.8) is 0 Å². The van der Waals surface area contributed by atoms with Crippen LogP contribution in [0.4, 0.5) is 0 Å². The first-order chi connectivity index (χ1) is 20.3. The Morgan fingerprint density at radius 2 is 0.930 bits per heavy atom. The minimum Gasteiger partial charge on any atom is -0.466 e. The topological polar surface area (TPSA) is 108 Å². The van der Waals surface area contributed by atoms with E-state index < -0.39 is 11.9 Å². The van der Waals surface area contributed by atoms with E-state index in [9.17, 15) is 14.4 Å². The molecular formula is C34H47N3O6. The van der Waals surface area contributed by atoms with Crippen molar-refractivity contribution in [3.8, 4) is 0 Å². The highest BCUT2D eigenvalue weighted by Gasteiger charge is 2.01. The van der Waals surface area contributed by atoms with Gasteiger partial charge in [-0.2, -0.15) is 0 Å². The summed E-state index contributed by atoms with van der Waals surface area (Å²) < 4.78 is 8.95. The molecule has 0 saturated heterocycles. The Hall–Kier alpha value is -5.15. The van der Waals surface area contributed by atoms with Crippen LogP contribution in [0.3, 0.4) is 0 Å². The zero-order chi connectivity index (χ0) is 34.0. The van der Waals surface area contributed by atoms with Crippen molar-refractivity contribution in [1.82, 2.24) is 15.3 Å². The van der Waals surface area contributed by atoms with Gasteiger partial charge in [-0.25, -0.2) is 15.1 Å². The molecule has 0 atom stereocenters. The van der Waals surface area contributed by atoms with Gasteiger partial charge in [-0.3, -0.25) is 10.0 Å². The highest BCUT2D eigenvalue weighted by molar-refractivity contribution is 5.87. The lowest BCUT2D eigenvalue weighted by molar-refractivity contribution is -0.135. The van der Waals surface area contributed by atoms with Gasteiger partial charge < -0.3 is 19.3 Å². The van der Waals surface area contributed by atoms with Crippen LogP contribution >= 0.6 is 0 Å². The van der Waals surface area contributed by atoms with E-state index in [0.717, 1.165) is 33.7 Å². The van der Waals surface area contributed by atoms with Gasteiger partial charge in [0.1, 0.15) is 0 Å². The van der Waals surface area contributed by atoms with Crippen LogP contribution in [-0.4, -0.2) is 75.3 Å². The summed E-state index contributed by atoms with van der Waals surface area (Å²) in [5.74, 6) is -1.36. The van der Waals surface area contributed by atoms with Gasteiger partial charge in [0.15, 0.2) is 0 Å². The molecule has 1 amide bonds. The monoisotopic (exact) mass is 593 g/mol. The summed E-state index contributed by atoms with van der Waals surface area (Å²) in [6.07, 6.45) is 18.8. The molecule has 2 N–H and O–H groups in total. The van der Waals surface area contributed by atoms with E-state index in [1.807, 2.05) is 44.9 Å². The average molecular weight is 594 g/mol. The van der Waals surface area contributed by atoms with Gasteiger partial charge in [0, 0.05) is 57.8 Å². The van der Waals surface area contributed by atoms with Crippen molar-refractivity contribution < 1.29 is 29.1 Å². The number of nitrogens with one attached hydrogen (secondary N) is 1. The number of rotatable bonds is 14. The van der Waals surface area contributed by atoms with E-state index in [4.69, 9.17) is 5.21 Å². The Morgan fingerprint density at radius 1 is 0.581 bits per heavy atom. The summed E-state index contributed by atoms with van der Waals surface area (Å²) in [5.41, 5.74) is 6.64. The second-order valence-corrected chi connectivity index (χ2v) is 8.36. The maximum Gasteiger partial charge on any atom is 0.330 e. The molecule has 9 heteroatoms. The number of ether oxygens (including phenoxy) is 2. The molecule has 0 saturated carbocycles. The third-order valence-corrected chi connectivity index (χ3v) is 5.09. The maximum atomic E-state index is 10.9. The summed E-state index contributed by atoms with van der Waals surface area (Å²) in [7, 11) is 10.2. The molecule has 0 aliphatic rings. The fourth-order valence-corrected chi connectivity index (χ4v) is 2.77. The summed E-state index contributed by atoms with van der Waals surface area (Å²) in [4.78, 5) is 36.2. The van der Waals surface area contributed by atoms with Crippen molar-refractivity contribution in [2.24, 2.45) is 0 Å². The standard InChI is InChI=1S/C12H17NO2.C11H16N2O2.C11H14O2/c1-6-10(8-9-12(14)15-5)11(7-2)13(3)4;1-5-9(7-8-11(14)12-15)10(6-2)13(3)4;1-5-9(3)10(6-2)7-8-11(12)13-4/h6-9H,1-2H2,3-5H3;5-8,15H,1-2H2,3-4H3,(H,12,14);5-8H,1-2H2,3-4H3/b9-8+,11-10-;8-7+,10-9-;8-7+,10-9+. The molecule has 0 spiro atoms. The molecule has 43 heavy (non-hydrogen) atoms. The highest BCUT2D eigenvalue weighted by Crippen LogP contribution is 2.12. The van der Waals surface area contributed by atoms with Crippen LogP contribution in [0.1, 0.15) is 6.92 Å². The third kappa shape index (κ3) is 19.5. The average Bonchev–Trinajstić information content (AvgIpc) is 3.00. The molecule has 0 unspecified atom stereocenters. The van der Waals surface area contributed by atoms with Crippen molar-refractivity contribution in [2.75, 3.05) is 42.4 Å². The molecule has 0 heterocycles. The van der Waals surface area contributed by atoms with Gasteiger partial charge in [-0.1, -0.05) is 63.8 Å². The number of carbonyl (C=O) groups excluding carboxylic acids is 3. The lowest BCUT2D eigenvalue weighted by atomic mass is 10.1. The first-order valence-corrected chi connectivity index (χ1v) is 12.7. The third-order valence-electron chi connectivity index (χ3n) is 5.09. The second kappa shape index (κ2) is 25.8. The molecule has 0 aliphatic carbocycles. The molecule has 0 bridgehead atoms. The van der Waals surface area contributed by atoms with Crippen LogP contribution in [0.15, 0.2) is 146 Å². The number of methoxy groups -OCH3 is 2. The molecule has 0 aromatic rings. The van der Waals surface area contributed by atoms with E-state index in [2.05, 4.69) is 48.9 Å². The quantitative estimate of drug-likeness (QED) is 0.0889. The molecule has 0 rings (SSSR count). The fourth-order valence-electron chi connectivity index (χ4n) is 2.77. The first kappa shape index (κ1) is 42.3. The Balaban J connectivity index is -0.000000560. The molecule has 0 aliphatic heterocycles. The molecule has 9 nitrogen and oxygen atoms in total. The summed E-state index contributed by atoms with van der Waals surface area (Å²) in [5, 5.41) is 8.30. The molecular weight excluding hydrogens is 546 g/mol. The number of nitrogens with zero attached hydrogens (tertiary/aromatic N) is 2. The number of esters is 2. The lowest BCUT2D eigenvalue weighted by Crippen LogP contribution is -2.15. The second-order valence-electron chi connectivity index (χ2n) is 8.36.